The smallest absolute Gasteiger partial charge is 0.240 e. The van der Waals surface area contributed by atoms with Crippen LogP contribution in [0.3, 0.4) is 0 Å². The monoisotopic (exact) mass is 234 g/mol. The van der Waals surface area contributed by atoms with Gasteiger partial charge in [0.05, 0.1) is 24.7 Å². The molecule has 17 heavy (non-hydrogen) atoms. The highest BCUT2D eigenvalue weighted by Gasteiger charge is 2.40. The van der Waals surface area contributed by atoms with Gasteiger partial charge >= 0.3 is 0 Å². The van der Waals surface area contributed by atoms with E-state index in [2.05, 4.69) is 0 Å². The molecular formula is C13H18N2O2. The Bertz CT molecular complexity index is 395. The minimum absolute atomic E-state index is 0.0830. The third kappa shape index (κ3) is 2.84. The van der Waals surface area contributed by atoms with E-state index in [1.54, 1.807) is 11.8 Å². The normalized spacial score (nSPS) is 19.6. The second kappa shape index (κ2) is 4.47. The highest BCUT2D eigenvalue weighted by atomic mass is 16.3. The summed E-state index contributed by atoms with van der Waals surface area (Å²) in [6.45, 7) is 2.49. The maximum absolute atomic E-state index is 11.9. The lowest BCUT2D eigenvalue weighted by Crippen LogP contribution is -2.64. The molecule has 0 aromatic heterocycles. The van der Waals surface area contributed by atoms with Gasteiger partial charge in [0, 0.05) is 0 Å². The van der Waals surface area contributed by atoms with E-state index >= 15 is 0 Å². The van der Waals surface area contributed by atoms with Crippen molar-refractivity contribution in [1.29, 1.82) is 0 Å². The number of carbonyl (C=O) groups excluding carboxylic acids is 1. The van der Waals surface area contributed by atoms with Gasteiger partial charge in [-0.3, -0.25) is 4.79 Å². The number of likely N-dealkylation sites (tertiary alicyclic amines) is 1. The van der Waals surface area contributed by atoms with Crippen LogP contribution in [0.4, 0.5) is 0 Å². The summed E-state index contributed by atoms with van der Waals surface area (Å²) < 4.78 is 0. The largest absolute Gasteiger partial charge is 0.386 e. The first-order chi connectivity index (χ1) is 7.98. The molecule has 4 heteroatoms. The van der Waals surface area contributed by atoms with E-state index in [9.17, 15) is 9.90 Å². The first kappa shape index (κ1) is 12.1. The Morgan fingerprint density at radius 2 is 2.06 bits per heavy atom. The molecular weight excluding hydrogens is 216 g/mol. The van der Waals surface area contributed by atoms with Crippen LogP contribution in [0.1, 0.15) is 12.5 Å². The molecule has 1 aliphatic rings. The molecule has 1 atom stereocenters. The molecule has 0 unspecified atom stereocenters. The molecule has 0 bridgehead atoms. The van der Waals surface area contributed by atoms with E-state index in [1.165, 1.54) is 0 Å². The van der Waals surface area contributed by atoms with E-state index in [4.69, 9.17) is 5.73 Å². The fraction of sp³-hybridized carbons (Fsp3) is 0.462. The Morgan fingerprint density at radius 3 is 2.59 bits per heavy atom. The van der Waals surface area contributed by atoms with Gasteiger partial charge in [0.15, 0.2) is 0 Å². The minimum atomic E-state index is -0.734. The fourth-order valence-corrected chi connectivity index (χ4v) is 2.12. The molecule has 0 spiro atoms. The Morgan fingerprint density at radius 1 is 1.47 bits per heavy atom. The molecule has 1 fully saturated rings. The molecule has 4 nitrogen and oxygen atoms in total. The van der Waals surface area contributed by atoms with Gasteiger partial charge in [0.1, 0.15) is 0 Å². The van der Waals surface area contributed by atoms with Crippen LogP contribution in [0.5, 0.6) is 0 Å². The van der Waals surface area contributed by atoms with Gasteiger partial charge in [-0.15, -0.1) is 0 Å². The number of benzene rings is 1. The Labute approximate surface area is 101 Å². The molecule has 0 aliphatic carbocycles. The molecule has 1 heterocycles. The van der Waals surface area contributed by atoms with E-state index in [0.29, 0.717) is 19.5 Å². The van der Waals surface area contributed by atoms with E-state index in [-0.39, 0.29) is 5.91 Å². The second-order valence-corrected chi connectivity index (χ2v) is 4.99. The quantitative estimate of drug-likeness (QED) is 0.782. The minimum Gasteiger partial charge on any atom is -0.386 e. The number of amides is 1. The summed E-state index contributed by atoms with van der Waals surface area (Å²) in [5, 5.41) is 9.57. The molecule has 1 amide bonds. The predicted molar refractivity (Wildman–Crippen MR) is 65.3 cm³/mol. The summed E-state index contributed by atoms with van der Waals surface area (Å²) in [6.07, 6.45) is 0.540. The third-order valence-electron chi connectivity index (χ3n) is 2.99. The summed E-state index contributed by atoms with van der Waals surface area (Å²) >= 11 is 0. The van der Waals surface area contributed by atoms with Gasteiger partial charge in [-0.05, 0) is 18.9 Å². The van der Waals surface area contributed by atoms with Crippen molar-refractivity contribution in [3.63, 3.8) is 0 Å². The zero-order valence-electron chi connectivity index (χ0n) is 9.97. The molecule has 1 aliphatic heterocycles. The van der Waals surface area contributed by atoms with Gasteiger partial charge in [0.25, 0.3) is 0 Å². The van der Waals surface area contributed by atoms with Crippen molar-refractivity contribution in [2.75, 3.05) is 13.1 Å². The van der Waals surface area contributed by atoms with E-state index in [1.807, 2.05) is 30.3 Å². The van der Waals surface area contributed by atoms with E-state index < -0.39 is 11.6 Å². The van der Waals surface area contributed by atoms with Gasteiger partial charge in [-0.25, -0.2) is 0 Å². The maximum Gasteiger partial charge on any atom is 0.240 e. The van der Waals surface area contributed by atoms with Gasteiger partial charge in [-0.1, -0.05) is 30.3 Å². The lowest BCUT2D eigenvalue weighted by atomic mass is 9.95. The lowest BCUT2D eigenvalue weighted by molar-refractivity contribution is -0.153. The van der Waals surface area contributed by atoms with E-state index in [0.717, 1.165) is 5.56 Å². The van der Waals surface area contributed by atoms with Crippen LogP contribution in [0.2, 0.25) is 0 Å². The predicted octanol–water partition coefficient (Wildman–Crippen LogP) is 0.150. The standard InChI is InChI=1S/C13H18N2O2/c1-13(17)8-15(9-13)12(16)11(14)7-10-5-3-2-4-6-10/h2-6,11,17H,7-9,14H2,1H3/t11-/m1/s1. The Balaban J connectivity index is 1.89. The van der Waals surface area contributed by atoms with Crippen molar-refractivity contribution in [1.82, 2.24) is 4.90 Å². The number of β-amino-alcohol motifs (C(OH)–C–C–N with tert-alkyl or cyclic N) is 1. The molecule has 0 radical (unpaired) electrons. The van der Waals surface area contributed by atoms with Crippen LogP contribution in [0.15, 0.2) is 30.3 Å². The average Bonchev–Trinajstić information content (AvgIpc) is 2.26. The Kier molecular flexibility index (Phi) is 3.17. The highest BCUT2D eigenvalue weighted by molar-refractivity contribution is 5.83. The highest BCUT2D eigenvalue weighted by Crippen LogP contribution is 2.20. The molecule has 1 aromatic carbocycles. The van der Waals surface area contributed by atoms with Crippen LogP contribution in [0, 0.1) is 0 Å². The number of hydrogen-bond donors (Lipinski definition) is 2. The molecule has 92 valence electrons. The van der Waals surface area contributed by atoms with Crippen LogP contribution >= 0.6 is 0 Å². The summed E-state index contributed by atoms with van der Waals surface area (Å²) in [5.74, 6) is -0.0830. The molecule has 0 saturated carbocycles. The topological polar surface area (TPSA) is 66.6 Å². The maximum atomic E-state index is 11.9. The summed E-state index contributed by atoms with van der Waals surface area (Å²) in [7, 11) is 0. The van der Waals surface area contributed by atoms with Crippen molar-refractivity contribution in [2.24, 2.45) is 5.73 Å². The number of nitrogens with two attached hydrogens (primary N) is 1. The molecule has 2 rings (SSSR count). The average molecular weight is 234 g/mol. The number of carbonyl (C=O) groups is 1. The summed E-state index contributed by atoms with van der Waals surface area (Å²) in [4.78, 5) is 13.5. The van der Waals surface area contributed by atoms with Gasteiger partial charge in [-0.2, -0.15) is 0 Å². The van der Waals surface area contributed by atoms with Gasteiger partial charge in [0.2, 0.25) is 5.91 Å². The first-order valence-corrected chi connectivity index (χ1v) is 5.79. The van der Waals surface area contributed by atoms with Crippen LogP contribution in [-0.4, -0.2) is 40.6 Å². The zero-order valence-corrected chi connectivity index (χ0v) is 9.97. The van der Waals surface area contributed by atoms with Gasteiger partial charge < -0.3 is 15.7 Å². The third-order valence-corrected chi connectivity index (χ3v) is 2.99. The molecule has 1 aromatic rings. The van der Waals surface area contributed by atoms with Crippen molar-refractivity contribution in [3.05, 3.63) is 35.9 Å². The summed E-state index contributed by atoms with van der Waals surface area (Å²) in [5.41, 5.74) is 6.20. The second-order valence-electron chi connectivity index (χ2n) is 4.99. The van der Waals surface area contributed by atoms with Crippen molar-refractivity contribution in [3.8, 4) is 0 Å². The van der Waals surface area contributed by atoms with Crippen molar-refractivity contribution in [2.45, 2.75) is 25.0 Å². The number of nitrogens with zero attached hydrogens (tertiary/aromatic N) is 1. The summed E-state index contributed by atoms with van der Waals surface area (Å²) in [6, 6.07) is 9.19. The number of rotatable bonds is 3. The zero-order chi connectivity index (χ0) is 12.5. The van der Waals surface area contributed by atoms with Crippen LogP contribution < -0.4 is 5.73 Å². The first-order valence-electron chi connectivity index (χ1n) is 5.79. The van der Waals surface area contributed by atoms with Crippen LogP contribution in [-0.2, 0) is 11.2 Å². The fourth-order valence-electron chi connectivity index (χ4n) is 2.12. The van der Waals surface area contributed by atoms with Crippen molar-refractivity contribution >= 4 is 5.91 Å². The number of hydrogen-bond acceptors (Lipinski definition) is 3. The Hall–Kier alpha value is -1.39. The lowest BCUT2D eigenvalue weighted by Gasteiger charge is -2.45. The van der Waals surface area contributed by atoms with Crippen LogP contribution in [0.25, 0.3) is 0 Å². The SMILES string of the molecule is CC1(O)CN(C(=O)[C@H](N)Cc2ccccc2)C1. The number of aliphatic hydroxyl groups is 1. The molecule has 1 saturated heterocycles. The van der Waals surface area contributed by atoms with Crippen molar-refractivity contribution < 1.29 is 9.90 Å². The molecule has 3 N–H and O–H groups in total.